The van der Waals surface area contributed by atoms with E-state index in [1.54, 1.807) is 17.6 Å². The zero-order valence-electron chi connectivity index (χ0n) is 40.7. The number of hydrogen-bond acceptors (Lipinski definition) is 0. The van der Waals surface area contributed by atoms with Crippen LogP contribution < -0.4 is 42.4 Å². The van der Waals surface area contributed by atoms with Gasteiger partial charge in [0.1, 0.15) is 0 Å². The summed E-state index contributed by atoms with van der Waals surface area (Å²) in [4.78, 5) is 0. The first kappa shape index (κ1) is 59.6. The van der Waals surface area contributed by atoms with Crippen molar-refractivity contribution in [3.63, 3.8) is 0 Å². The standard InChI is InChI=1S/4C13H17Ge.2CH2.2ClH.2Zr/c4*1-10-9-11-7-5-6-8-12(11)13(10)14(2,3)4;;;;;;/h4*5-9H,1-4H3;2*1H2;2*1H;;/q4*-1;;;;;2*+2/p-2. The van der Waals surface area contributed by atoms with Gasteiger partial charge in [-0.1, -0.05) is 0 Å². The van der Waals surface area contributed by atoms with Crippen LogP contribution in [-0.4, -0.2) is 61.5 Å². The summed E-state index contributed by atoms with van der Waals surface area (Å²) >= 11 is -4.17. The minimum atomic E-state index is -1.69. The van der Waals surface area contributed by atoms with Gasteiger partial charge in [0.2, 0.25) is 0 Å². The molecule has 8 rings (SSSR count). The fourth-order valence-electron chi connectivity index (χ4n) is 9.46. The maximum Gasteiger partial charge on any atom is -1.00 e. The van der Waals surface area contributed by atoms with Crippen molar-refractivity contribution in [2.75, 3.05) is 0 Å². The minimum absolute atomic E-state index is 0. The summed E-state index contributed by atoms with van der Waals surface area (Å²) in [5.41, 5.74) is 6.00. The molecule has 328 valence electrons. The molecule has 62 heavy (non-hydrogen) atoms. The third-order valence-corrected chi connectivity index (χ3v) is 29.1. The Kier molecular flexibility index (Phi) is 24.6. The molecule has 0 nitrogen and oxygen atoms in total. The smallest absolute Gasteiger partial charge is 1.00 e. The van der Waals surface area contributed by atoms with Crippen molar-refractivity contribution in [3.8, 4) is 0 Å². The van der Waals surface area contributed by atoms with E-state index in [0.29, 0.717) is 0 Å². The Morgan fingerprint density at radius 2 is 0.452 bits per heavy atom. The fourth-order valence-corrected chi connectivity index (χ4v) is 28.7. The van der Waals surface area contributed by atoms with Crippen LogP contribution in [0.15, 0.2) is 121 Å². The van der Waals surface area contributed by atoms with Crippen LogP contribution in [0.4, 0.5) is 0 Å². The van der Waals surface area contributed by atoms with Gasteiger partial charge < -0.3 is 24.8 Å². The minimum Gasteiger partial charge on any atom is -1.00 e. The van der Waals surface area contributed by atoms with Gasteiger partial charge in [0.15, 0.2) is 0 Å². The van der Waals surface area contributed by atoms with E-state index in [9.17, 15) is 0 Å². The van der Waals surface area contributed by atoms with Gasteiger partial charge in [0.05, 0.1) is 0 Å². The average molecular weight is 1260 g/mol. The molecule has 0 saturated carbocycles. The first-order valence-corrected chi connectivity index (χ1v) is 54.2. The summed E-state index contributed by atoms with van der Waals surface area (Å²) in [6, 6.07) is 44.4. The second kappa shape index (κ2) is 25.6. The Labute approximate surface area is 430 Å². The molecule has 8 heteroatoms. The van der Waals surface area contributed by atoms with Gasteiger partial charge in [-0.05, 0) is 0 Å². The molecule has 0 bridgehead atoms. The quantitative estimate of drug-likeness (QED) is 0.126. The molecule has 0 unspecified atom stereocenters. The van der Waals surface area contributed by atoms with Gasteiger partial charge in [0, 0.05) is 0 Å². The Balaban J connectivity index is 0.000000398. The van der Waals surface area contributed by atoms with E-state index in [1.165, 1.54) is 114 Å². The van der Waals surface area contributed by atoms with Gasteiger partial charge in [-0.3, -0.25) is 0 Å². The number of halogens is 2. The van der Waals surface area contributed by atoms with Crippen molar-refractivity contribution in [3.05, 3.63) is 144 Å². The molecular formula is C54H72Cl2Ge4Zr2-2. The second-order valence-electron chi connectivity index (χ2n) is 20.2. The summed E-state index contributed by atoms with van der Waals surface area (Å²) in [5, 5.41) is 11.7. The molecule has 0 amide bonds. The Hall–Kier alpha value is -0.422. The SMILES string of the molecule is Cc1[cH-]c2ccccc2[c]1[Ge]([CH3])([CH3])[CH3].Cc1[cH-]c2ccccc2[c]1[Ge]([CH3])([CH3])[CH3].Cc1[cH-]c2ccccc2[c]1[Ge]([CH3])([CH3])[CH3].Cc1[cH-]c2ccccc2[c]1[Ge]([CH3])([CH3])[CH3].[CH2]=[Zr+2].[CH2]=[Zr+2].[Cl-].[Cl-]. The Morgan fingerprint density at radius 3 is 0.597 bits per heavy atom. The van der Waals surface area contributed by atoms with Gasteiger partial charge in [-0.15, -0.1) is 0 Å². The van der Waals surface area contributed by atoms with E-state index in [2.05, 4.69) is 227 Å². The van der Waals surface area contributed by atoms with Crippen LogP contribution in [0.25, 0.3) is 43.1 Å². The summed E-state index contributed by atoms with van der Waals surface area (Å²) in [5.74, 6) is 29.6. The summed E-state index contributed by atoms with van der Waals surface area (Å²) in [6.45, 7) is 9.02. The molecule has 8 aromatic rings. The molecule has 8 aromatic carbocycles. The van der Waals surface area contributed by atoms with Crippen molar-refractivity contribution in [1.29, 1.82) is 0 Å². The zero-order valence-corrected chi connectivity index (χ0v) is 55.5. The predicted molar refractivity (Wildman–Crippen MR) is 283 cm³/mol. The molecule has 0 aliphatic rings. The van der Waals surface area contributed by atoms with Gasteiger partial charge in [-0.25, -0.2) is 0 Å². The fraction of sp³-hybridized carbons (Fsp3) is 0.296. The summed E-state index contributed by atoms with van der Waals surface area (Å²) in [6.07, 6.45) is 0. The van der Waals surface area contributed by atoms with Crippen molar-refractivity contribution >= 4 is 122 Å². The maximum atomic E-state index is 3.34. The van der Waals surface area contributed by atoms with Crippen molar-refractivity contribution in [1.82, 2.24) is 0 Å². The molecule has 0 spiro atoms. The van der Waals surface area contributed by atoms with E-state index >= 15 is 0 Å². The molecular weight excluding hydrogens is 1190 g/mol. The molecule has 0 aliphatic heterocycles. The van der Waals surface area contributed by atoms with Gasteiger partial charge >= 0.3 is 411 Å². The molecule has 0 fully saturated rings. The first-order valence-electron chi connectivity index (χ1n) is 21.3. The van der Waals surface area contributed by atoms with Crippen LogP contribution >= 0.6 is 0 Å². The first-order chi connectivity index (χ1) is 28.0. The van der Waals surface area contributed by atoms with Crippen molar-refractivity contribution < 1.29 is 73.3 Å². The van der Waals surface area contributed by atoms with E-state index < -0.39 is 53.1 Å². The third kappa shape index (κ3) is 15.3. The molecule has 0 radical (unpaired) electrons. The Bertz CT molecular complexity index is 2250. The number of rotatable bonds is 4. The van der Waals surface area contributed by atoms with Crippen molar-refractivity contribution in [2.24, 2.45) is 0 Å². The van der Waals surface area contributed by atoms with Crippen LogP contribution in [0.5, 0.6) is 0 Å². The summed E-state index contributed by atoms with van der Waals surface area (Å²) in [7, 11) is 0. The largest absolute Gasteiger partial charge is 1.00 e. The van der Waals surface area contributed by atoms with Crippen LogP contribution in [0.2, 0.25) is 69.1 Å². The monoisotopic (exact) mass is 1270 g/mol. The number of aryl methyl sites for hydroxylation is 4. The van der Waals surface area contributed by atoms with Crippen LogP contribution in [-0.2, 0) is 48.5 Å². The number of hydrogen-bond donors (Lipinski definition) is 0. The van der Waals surface area contributed by atoms with E-state index in [4.69, 9.17) is 0 Å². The summed E-state index contributed by atoms with van der Waals surface area (Å²) < 4.78 is 13.4. The Morgan fingerprint density at radius 1 is 0.306 bits per heavy atom. The second-order valence-corrected chi connectivity index (χ2v) is 62.1. The van der Waals surface area contributed by atoms with Gasteiger partial charge in [0.25, 0.3) is 0 Å². The van der Waals surface area contributed by atoms with Crippen LogP contribution in [0, 0.1) is 27.7 Å². The zero-order chi connectivity index (χ0) is 45.4. The molecule has 0 atom stereocenters. The van der Waals surface area contributed by atoms with E-state index in [0.717, 1.165) is 0 Å². The molecule has 0 heterocycles. The predicted octanol–water partition coefficient (Wildman–Crippen LogP) is 7.59. The molecule has 0 N–H and O–H groups in total. The number of fused-ring (bicyclic) bond motifs is 4. The van der Waals surface area contributed by atoms with E-state index in [-0.39, 0.29) is 24.8 Å². The van der Waals surface area contributed by atoms with Crippen LogP contribution in [0.3, 0.4) is 0 Å². The third-order valence-electron chi connectivity index (χ3n) is 11.0. The topological polar surface area (TPSA) is 0 Å². The normalized spacial score (nSPS) is 11.3. The molecule has 0 aromatic heterocycles. The molecule has 0 aliphatic carbocycles. The number of benzene rings is 4. The maximum absolute atomic E-state index is 3.34. The van der Waals surface area contributed by atoms with Crippen LogP contribution in [0.1, 0.15) is 22.3 Å². The van der Waals surface area contributed by atoms with E-state index in [1.807, 2.05) is 0 Å². The van der Waals surface area contributed by atoms with Gasteiger partial charge in [-0.2, -0.15) is 0 Å². The molecule has 0 saturated heterocycles. The van der Waals surface area contributed by atoms with Crippen molar-refractivity contribution in [2.45, 2.75) is 96.8 Å². The average Bonchev–Trinajstić information content (AvgIpc) is 3.90.